The minimum absolute atomic E-state index is 0.0112. The summed E-state index contributed by atoms with van der Waals surface area (Å²) >= 11 is 6.83. The Morgan fingerprint density at radius 3 is 2.26 bits per heavy atom. The number of Topliss-reactive ketones (excluding diaryl/α,β-unsaturated/α-hetero) is 1. The van der Waals surface area contributed by atoms with Crippen molar-refractivity contribution in [1.82, 2.24) is 0 Å². The third-order valence-corrected chi connectivity index (χ3v) is 6.29. The summed E-state index contributed by atoms with van der Waals surface area (Å²) in [5, 5.41) is 9.20. The van der Waals surface area contributed by atoms with E-state index >= 15 is 0 Å². The van der Waals surface area contributed by atoms with Gasteiger partial charge in [0.25, 0.3) is 0 Å². The molecule has 0 saturated heterocycles. The molecule has 0 bridgehead atoms. The van der Waals surface area contributed by atoms with Gasteiger partial charge in [0.15, 0.2) is 10.9 Å². The highest BCUT2D eigenvalue weighted by Gasteiger charge is 2.17. The molecule has 0 fully saturated rings. The second-order valence-corrected chi connectivity index (χ2v) is 9.38. The fourth-order valence-corrected chi connectivity index (χ4v) is 4.29. The largest absolute Gasteiger partial charge is 0.497 e. The van der Waals surface area contributed by atoms with Crippen molar-refractivity contribution in [2.24, 2.45) is 0 Å². The number of hydrogen-bond acceptors (Lipinski definition) is 6. The minimum Gasteiger partial charge on any atom is -0.497 e. The molecule has 35 heavy (non-hydrogen) atoms. The lowest BCUT2D eigenvalue weighted by Crippen LogP contribution is -2.22. The van der Waals surface area contributed by atoms with Crippen LogP contribution < -0.4 is 25.4 Å². The van der Waals surface area contributed by atoms with Crippen LogP contribution in [-0.4, -0.2) is 36.3 Å². The molecule has 182 valence electrons. The van der Waals surface area contributed by atoms with E-state index in [1.807, 2.05) is 31.2 Å². The van der Waals surface area contributed by atoms with E-state index in [0.717, 1.165) is 16.3 Å². The Labute approximate surface area is 214 Å². The smallest absolute Gasteiger partial charge is 0.237 e. The van der Waals surface area contributed by atoms with Crippen LogP contribution in [0.1, 0.15) is 24.2 Å². The number of amides is 1. The van der Waals surface area contributed by atoms with E-state index in [0.29, 0.717) is 27.9 Å². The van der Waals surface area contributed by atoms with Crippen LogP contribution in [0.5, 0.6) is 11.5 Å². The normalized spacial score (nSPS) is 11.2. The van der Waals surface area contributed by atoms with Crippen LogP contribution in [-0.2, 0) is 4.79 Å². The van der Waals surface area contributed by atoms with Crippen LogP contribution in [0.2, 0.25) is 0 Å². The van der Waals surface area contributed by atoms with Crippen LogP contribution in [0, 0.1) is 0 Å². The van der Waals surface area contributed by atoms with Gasteiger partial charge in [0, 0.05) is 27.9 Å². The van der Waals surface area contributed by atoms with E-state index in [1.54, 1.807) is 56.7 Å². The second kappa shape index (κ2) is 12.2. The molecule has 0 saturated carbocycles. The van der Waals surface area contributed by atoms with Crippen molar-refractivity contribution in [3.63, 3.8) is 0 Å². The Morgan fingerprint density at radius 1 is 0.886 bits per heavy atom. The van der Waals surface area contributed by atoms with Gasteiger partial charge in [-0.2, -0.15) is 0 Å². The number of ether oxygens (including phenoxy) is 2. The van der Waals surface area contributed by atoms with Gasteiger partial charge in [-0.25, -0.2) is 0 Å². The lowest BCUT2D eigenvalue weighted by Gasteiger charge is -2.16. The summed E-state index contributed by atoms with van der Waals surface area (Å²) in [6, 6.07) is 20.0. The molecule has 7 nitrogen and oxygen atoms in total. The monoisotopic (exact) mass is 509 g/mol. The molecule has 1 unspecified atom stereocenters. The van der Waals surface area contributed by atoms with Gasteiger partial charge in [-0.15, -0.1) is 11.8 Å². The van der Waals surface area contributed by atoms with E-state index in [-0.39, 0.29) is 16.9 Å². The molecule has 0 heterocycles. The Hall–Kier alpha value is -3.56. The summed E-state index contributed by atoms with van der Waals surface area (Å²) in [7, 11) is 3.12. The van der Waals surface area contributed by atoms with Crippen LogP contribution in [0.3, 0.4) is 0 Å². The average Bonchev–Trinajstić information content (AvgIpc) is 2.84. The van der Waals surface area contributed by atoms with Gasteiger partial charge < -0.3 is 25.4 Å². The number of thiocarbonyl (C=S) groups is 1. The van der Waals surface area contributed by atoms with Gasteiger partial charge in [0.1, 0.15) is 11.5 Å². The van der Waals surface area contributed by atoms with Crippen LogP contribution >= 0.6 is 24.0 Å². The molecule has 0 aromatic heterocycles. The lowest BCUT2D eigenvalue weighted by atomic mass is 10.1. The third kappa shape index (κ3) is 7.46. The van der Waals surface area contributed by atoms with Crippen molar-refractivity contribution in [3.8, 4) is 11.5 Å². The number of anilines is 3. The zero-order valence-corrected chi connectivity index (χ0v) is 21.5. The van der Waals surface area contributed by atoms with E-state index in [2.05, 4.69) is 16.0 Å². The molecule has 9 heteroatoms. The first-order chi connectivity index (χ1) is 16.8. The Morgan fingerprint density at radius 2 is 1.60 bits per heavy atom. The quantitative estimate of drug-likeness (QED) is 0.189. The summed E-state index contributed by atoms with van der Waals surface area (Å²) in [5.74, 6) is 1.03. The van der Waals surface area contributed by atoms with Crippen molar-refractivity contribution in [2.45, 2.75) is 24.0 Å². The molecule has 1 amide bonds. The molecule has 3 aromatic rings. The summed E-state index contributed by atoms with van der Waals surface area (Å²) in [5.41, 5.74) is 2.75. The van der Waals surface area contributed by atoms with Gasteiger partial charge in [0.05, 0.1) is 25.2 Å². The van der Waals surface area contributed by atoms with E-state index in [1.165, 1.54) is 18.7 Å². The Bertz CT molecular complexity index is 1220. The SMILES string of the molecule is COc1ccc(OC)c(NC(=O)C(C)Sc2cccc(NC(=S)Nc3ccc(C(C)=O)cc3)c2)c1. The molecular weight excluding hydrogens is 482 g/mol. The van der Waals surface area contributed by atoms with Gasteiger partial charge in [-0.3, -0.25) is 9.59 Å². The van der Waals surface area contributed by atoms with Crippen molar-refractivity contribution in [1.29, 1.82) is 0 Å². The molecule has 1 atom stereocenters. The summed E-state index contributed by atoms with van der Waals surface area (Å²) in [6.45, 7) is 3.36. The molecule has 3 rings (SSSR count). The zero-order chi connectivity index (χ0) is 25.4. The zero-order valence-electron chi connectivity index (χ0n) is 19.9. The van der Waals surface area contributed by atoms with Crippen molar-refractivity contribution in [2.75, 3.05) is 30.2 Å². The summed E-state index contributed by atoms with van der Waals surface area (Å²) in [4.78, 5) is 25.1. The minimum atomic E-state index is -0.369. The predicted molar refractivity (Wildman–Crippen MR) is 146 cm³/mol. The van der Waals surface area contributed by atoms with Crippen molar-refractivity contribution in [3.05, 3.63) is 72.3 Å². The molecule has 0 aliphatic rings. The number of carbonyl (C=O) groups excluding carboxylic acids is 2. The number of benzene rings is 3. The maximum absolute atomic E-state index is 12.8. The highest BCUT2D eigenvalue weighted by molar-refractivity contribution is 8.00. The Balaban J connectivity index is 1.59. The number of thioether (sulfide) groups is 1. The molecule has 3 aromatic carbocycles. The van der Waals surface area contributed by atoms with Gasteiger partial charge in [-0.1, -0.05) is 6.07 Å². The lowest BCUT2D eigenvalue weighted by molar-refractivity contribution is -0.115. The van der Waals surface area contributed by atoms with Crippen LogP contribution in [0.15, 0.2) is 71.6 Å². The first kappa shape index (κ1) is 26.1. The fourth-order valence-electron chi connectivity index (χ4n) is 3.13. The van der Waals surface area contributed by atoms with Gasteiger partial charge in [0.2, 0.25) is 5.91 Å². The number of ketones is 1. The molecule has 0 radical (unpaired) electrons. The Kier molecular flexibility index (Phi) is 9.11. The highest BCUT2D eigenvalue weighted by Crippen LogP contribution is 2.31. The predicted octanol–water partition coefficient (Wildman–Crippen LogP) is 5.83. The standard InChI is InChI=1S/C26H27N3O4S2/c1-16(30)18-8-10-19(11-9-18)27-26(34)28-20-6-5-7-22(14-20)35-17(2)25(31)29-23-15-21(32-3)12-13-24(23)33-4/h5-15,17H,1-4H3,(H,29,31)(H2,27,28,34). The van der Waals surface area contributed by atoms with Crippen molar-refractivity contribution < 1.29 is 19.1 Å². The fraction of sp³-hybridized carbons (Fsp3) is 0.192. The summed E-state index contributed by atoms with van der Waals surface area (Å²) in [6.07, 6.45) is 0. The molecular formula is C26H27N3O4S2. The number of methoxy groups -OCH3 is 2. The highest BCUT2D eigenvalue weighted by atomic mass is 32.2. The maximum atomic E-state index is 12.8. The first-order valence-electron chi connectivity index (χ1n) is 10.8. The number of hydrogen-bond donors (Lipinski definition) is 3. The van der Waals surface area contributed by atoms with Crippen LogP contribution in [0.4, 0.5) is 17.1 Å². The first-order valence-corrected chi connectivity index (χ1v) is 12.1. The van der Waals surface area contributed by atoms with E-state index in [4.69, 9.17) is 21.7 Å². The molecule has 0 spiro atoms. The second-order valence-electron chi connectivity index (χ2n) is 7.56. The van der Waals surface area contributed by atoms with Crippen LogP contribution in [0.25, 0.3) is 0 Å². The molecule has 0 aliphatic heterocycles. The van der Waals surface area contributed by atoms with E-state index < -0.39 is 0 Å². The molecule has 3 N–H and O–H groups in total. The van der Waals surface area contributed by atoms with Gasteiger partial charge >= 0.3 is 0 Å². The van der Waals surface area contributed by atoms with E-state index in [9.17, 15) is 9.59 Å². The van der Waals surface area contributed by atoms with Crippen molar-refractivity contribution >= 4 is 57.8 Å². The topological polar surface area (TPSA) is 88.7 Å². The van der Waals surface area contributed by atoms with Gasteiger partial charge in [-0.05, 0) is 80.7 Å². The average molecular weight is 510 g/mol. The number of carbonyl (C=O) groups is 2. The number of nitrogens with one attached hydrogen (secondary N) is 3. The number of rotatable bonds is 9. The third-order valence-electron chi connectivity index (χ3n) is 4.99. The maximum Gasteiger partial charge on any atom is 0.237 e. The molecule has 0 aliphatic carbocycles. The summed E-state index contributed by atoms with van der Waals surface area (Å²) < 4.78 is 10.6.